The second kappa shape index (κ2) is 9.04. The Hall–Kier alpha value is -2.96. The minimum absolute atomic E-state index is 0.549. The number of carboxylic acids is 1. The summed E-state index contributed by atoms with van der Waals surface area (Å²) in [5.74, 6) is -0.887. The number of benzene rings is 3. The van der Waals surface area contributed by atoms with Gasteiger partial charge in [-0.25, -0.2) is 4.21 Å². The number of para-hydroxylation sites is 1. The van der Waals surface area contributed by atoms with Gasteiger partial charge in [0.15, 0.2) is 0 Å². The second-order valence-electron chi connectivity index (χ2n) is 7.73. The summed E-state index contributed by atoms with van der Waals surface area (Å²) in [6, 6.07) is 20.3. The summed E-state index contributed by atoms with van der Waals surface area (Å²) < 4.78 is 13.2. The van der Waals surface area contributed by atoms with Crippen LogP contribution in [0.3, 0.4) is 0 Å². The smallest absolute Gasteiger partial charge is 0.325 e. The minimum Gasteiger partial charge on any atom is -0.480 e. The van der Waals surface area contributed by atoms with E-state index in [1.165, 1.54) is 0 Å². The third-order valence-electron chi connectivity index (χ3n) is 5.78. The van der Waals surface area contributed by atoms with Gasteiger partial charge in [-0.1, -0.05) is 48.5 Å². The van der Waals surface area contributed by atoms with Gasteiger partial charge in [0, 0.05) is 6.54 Å². The van der Waals surface area contributed by atoms with Crippen LogP contribution in [-0.2, 0) is 15.6 Å². The molecule has 0 aliphatic carbocycles. The number of aliphatic carboxylic acids is 1. The highest BCUT2D eigenvalue weighted by atomic mass is 32.2. The molecule has 2 atom stereocenters. The summed E-state index contributed by atoms with van der Waals surface area (Å²) in [4.78, 5) is 15.6. The summed E-state index contributed by atoms with van der Waals surface area (Å²) in [6.45, 7) is 5.38. The largest absolute Gasteiger partial charge is 0.480 e. The maximum Gasteiger partial charge on any atom is 0.325 e. The summed E-state index contributed by atoms with van der Waals surface area (Å²) >= 11 is 0. The van der Waals surface area contributed by atoms with Crippen LogP contribution in [0.2, 0.25) is 0 Å². The van der Waals surface area contributed by atoms with E-state index in [9.17, 15) is 14.1 Å². The molecule has 0 amide bonds. The van der Waals surface area contributed by atoms with E-state index in [2.05, 4.69) is 24.1 Å². The molecule has 0 aromatic heterocycles. The Kier molecular flexibility index (Phi) is 6.20. The molecule has 0 saturated carbocycles. The lowest BCUT2D eigenvalue weighted by atomic mass is 10.1. The molecule has 0 fully saturated rings. The number of rotatable bonds is 7. The van der Waals surface area contributed by atoms with E-state index in [1.807, 2.05) is 66.7 Å². The Labute approximate surface area is 185 Å². The molecule has 5 nitrogen and oxygen atoms in total. The molecular weight excluding hydrogens is 408 g/mol. The monoisotopic (exact) mass is 434 g/mol. The van der Waals surface area contributed by atoms with Gasteiger partial charge in [-0.05, 0) is 61.7 Å². The van der Waals surface area contributed by atoms with Crippen molar-refractivity contribution < 1.29 is 14.1 Å². The molecule has 2 unspecified atom stereocenters. The number of aryl methyl sites for hydroxylation is 1. The fourth-order valence-corrected chi connectivity index (χ4v) is 5.48. The van der Waals surface area contributed by atoms with Crippen molar-refractivity contribution in [1.29, 1.82) is 0 Å². The second-order valence-corrected chi connectivity index (χ2v) is 9.15. The lowest BCUT2D eigenvalue weighted by molar-refractivity contribution is -0.139. The third-order valence-corrected chi connectivity index (χ3v) is 7.25. The number of nitrogens with zero attached hydrogens (tertiary/aromatic N) is 1. The van der Waals surface area contributed by atoms with Crippen LogP contribution in [0.5, 0.6) is 0 Å². The van der Waals surface area contributed by atoms with Crippen LogP contribution in [0, 0.1) is 13.8 Å². The molecule has 3 aromatic rings. The first kappa shape index (κ1) is 21.3. The van der Waals surface area contributed by atoms with Crippen LogP contribution in [0.25, 0.3) is 0 Å². The summed E-state index contributed by atoms with van der Waals surface area (Å²) in [5.41, 5.74) is 4.99. The van der Waals surface area contributed by atoms with E-state index in [1.54, 1.807) is 0 Å². The van der Waals surface area contributed by atoms with Crippen molar-refractivity contribution in [3.63, 3.8) is 0 Å². The van der Waals surface area contributed by atoms with E-state index in [4.69, 9.17) is 0 Å². The van der Waals surface area contributed by atoms with E-state index in [0.29, 0.717) is 13.1 Å². The standard InChI is InChI=1S/C25H26N2O3S/c1-17-13-14-22-24(18(17)2)27(20-11-6-7-12-21(20)31(22)30)16-8-15-26-23(25(28)29)19-9-4-3-5-10-19/h3-7,9-14,23,26H,8,15-16H2,1-2H3,(H,28,29). The Morgan fingerprint density at radius 2 is 1.71 bits per heavy atom. The highest BCUT2D eigenvalue weighted by molar-refractivity contribution is 7.85. The first-order valence-electron chi connectivity index (χ1n) is 10.4. The highest BCUT2D eigenvalue weighted by Crippen LogP contribution is 2.44. The van der Waals surface area contributed by atoms with E-state index < -0.39 is 22.8 Å². The van der Waals surface area contributed by atoms with Gasteiger partial charge in [0.25, 0.3) is 0 Å². The molecule has 160 valence electrons. The van der Waals surface area contributed by atoms with Crippen LogP contribution in [0.1, 0.15) is 29.2 Å². The quantitative estimate of drug-likeness (QED) is 0.526. The summed E-state index contributed by atoms with van der Waals surface area (Å²) in [6.07, 6.45) is 0.740. The molecule has 2 N–H and O–H groups in total. The van der Waals surface area contributed by atoms with Crippen LogP contribution in [-0.4, -0.2) is 28.4 Å². The summed E-state index contributed by atoms with van der Waals surface area (Å²) in [5, 5.41) is 12.8. The minimum atomic E-state index is -1.21. The van der Waals surface area contributed by atoms with Crippen LogP contribution >= 0.6 is 0 Å². The Morgan fingerprint density at radius 1 is 1.00 bits per heavy atom. The molecule has 0 bridgehead atoms. The maximum atomic E-state index is 13.2. The molecule has 31 heavy (non-hydrogen) atoms. The van der Waals surface area contributed by atoms with E-state index in [0.717, 1.165) is 44.3 Å². The molecule has 3 aromatic carbocycles. The molecule has 1 aliphatic heterocycles. The number of carboxylic acid groups (broad SMARTS) is 1. The van der Waals surface area contributed by atoms with Gasteiger partial charge in [0.2, 0.25) is 0 Å². The molecule has 0 spiro atoms. The molecule has 4 rings (SSSR count). The maximum absolute atomic E-state index is 13.2. The van der Waals surface area contributed by atoms with Gasteiger partial charge in [0.1, 0.15) is 6.04 Å². The lowest BCUT2D eigenvalue weighted by Gasteiger charge is -2.34. The van der Waals surface area contributed by atoms with Gasteiger partial charge in [0.05, 0.1) is 32.0 Å². The first-order valence-corrected chi connectivity index (χ1v) is 11.5. The van der Waals surface area contributed by atoms with Crippen molar-refractivity contribution in [1.82, 2.24) is 5.32 Å². The summed E-state index contributed by atoms with van der Waals surface area (Å²) in [7, 11) is -1.21. The average molecular weight is 435 g/mol. The Morgan fingerprint density at radius 3 is 2.45 bits per heavy atom. The zero-order chi connectivity index (χ0) is 22.0. The highest BCUT2D eigenvalue weighted by Gasteiger charge is 2.29. The van der Waals surface area contributed by atoms with Crippen molar-refractivity contribution in [2.24, 2.45) is 0 Å². The number of carbonyl (C=O) groups is 1. The predicted molar refractivity (Wildman–Crippen MR) is 123 cm³/mol. The van der Waals surface area contributed by atoms with Crippen LogP contribution in [0.15, 0.2) is 76.5 Å². The van der Waals surface area contributed by atoms with Crippen molar-refractivity contribution in [3.8, 4) is 0 Å². The molecule has 6 heteroatoms. The molecule has 0 saturated heterocycles. The lowest BCUT2D eigenvalue weighted by Crippen LogP contribution is -2.32. The van der Waals surface area contributed by atoms with Gasteiger partial charge < -0.3 is 15.3 Å². The van der Waals surface area contributed by atoms with Crippen molar-refractivity contribution in [2.75, 3.05) is 18.0 Å². The zero-order valence-electron chi connectivity index (χ0n) is 17.7. The van der Waals surface area contributed by atoms with Crippen LogP contribution in [0.4, 0.5) is 11.4 Å². The van der Waals surface area contributed by atoms with Crippen LogP contribution < -0.4 is 10.2 Å². The van der Waals surface area contributed by atoms with Crippen molar-refractivity contribution >= 4 is 28.1 Å². The number of anilines is 2. The average Bonchev–Trinajstić information content (AvgIpc) is 2.78. The molecule has 0 radical (unpaired) electrons. The van der Waals surface area contributed by atoms with E-state index >= 15 is 0 Å². The van der Waals surface area contributed by atoms with Gasteiger partial charge in [-0.15, -0.1) is 0 Å². The van der Waals surface area contributed by atoms with E-state index in [-0.39, 0.29) is 0 Å². The topological polar surface area (TPSA) is 69.6 Å². The Balaban J connectivity index is 1.55. The van der Waals surface area contributed by atoms with Gasteiger partial charge in [-0.3, -0.25) is 4.79 Å². The van der Waals surface area contributed by atoms with Crippen molar-refractivity contribution in [2.45, 2.75) is 36.1 Å². The normalized spacial score (nSPS) is 15.8. The van der Waals surface area contributed by atoms with Crippen molar-refractivity contribution in [3.05, 3.63) is 83.4 Å². The number of hydrogen-bond acceptors (Lipinski definition) is 4. The number of hydrogen-bond donors (Lipinski definition) is 2. The fraction of sp³-hybridized carbons (Fsp3) is 0.240. The molecular formula is C25H26N2O3S. The first-order chi connectivity index (χ1) is 15.0. The predicted octanol–water partition coefficient (Wildman–Crippen LogP) is 4.73. The number of nitrogens with one attached hydrogen (secondary N) is 1. The Bertz CT molecular complexity index is 1130. The molecule has 1 aliphatic rings. The van der Waals surface area contributed by atoms with Gasteiger partial charge in [-0.2, -0.15) is 0 Å². The SMILES string of the molecule is Cc1ccc2c(c1C)N(CCCNC(C(=O)O)c1ccccc1)c1ccccc1S2=O. The zero-order valence-corrected chi connectivity index (χ0v) is 18.5. The fourth-order valence-electron chi connectivity index (χ4n) is 4.05. The van der Waals surface area contributed by atoms with Gasteiger partial charge >= 0.3 is 5.97 Å². The number of fused-ring (bicyclic) bond motifs is 2. The third kappa shape index (κ3) is 4.13. The molecule has 1 heterocycles.